The van der Waals surface area contributed by atoms with Gasteiger partial charge in [-0.15, -0.1) is 11.3 Å². The van der Waals surface area contributed by atoms with E-state index in [1.54, 1.807) is 17.0 Å². The van der Waals surface area contributed by atoms with Gasteiger partial charge in [0.25, 0.3) is 5.56 Å². The molecule has 1 atom stereocenters. The summed E-state index contributed by atoms with van der Waals surface area (Å²) in [6, 6.07) is 12.3. The van der Waals surface area contributed by atoms with Crippen molar-refractivity contribution in [2.24, 2.45) is 0 Å². The van der Waals surface area contributed by atoms with Crippen LogP contribution >= 0.6 is 11.3 Å². The Labute approximate surface area is 242 Å². The number of nitrogens with one attached hydrogen (secondary N) is 1. The lowest BCUT2D eigenvalue weighted by Gasteiger charge is -2.23. The van der Waals surface area contributed by atoms with Crippen LogP contribution in [0.4, 0.5) is 11.6 Å². The van der Waals surface area contributed by atoms with Gasteiger partial charge in [-0.2, -0.15) is 4.98 Å². The van der Waals surface area contributed by atoms with E-state index in [0.717, 1.165) is 36.1 Å². The molecular formula is C32H32N6O2S. The molecule has 0 radical (unpaired) electrons. The number of hydrogen-bond donors (Lipinski definition) is 1. The fraction of sp³-hybridized carbons (Fsp3) is 0.344. The van der Waals surface area contributed by atoms with Crippen molar-refractivity contribution in [3.05, 3.63) is 87.4 Å². The van der Waals surface area contributed by atoms with E-state index < -0.39 is 0 Å². The number of anilines is 2. The Morgan fingerprint density at radius 2 is 1.78 bits per heavy atom. The van der Waals surface area contributed by atoms with E-state index in [-0.39, 0.29) is 11.7 Å². The highest BCUT2D eigenvalue weighted by Crippen LogP contribution is 2.35. The second-order valence-electron chi connectivity index (χ2n) is 11.0. The Bertz CT molecular complexity index is 1740. The van der Waals surface area contributed by atoms with Crippen molar-refractivity contribution in [3.63, 3.8) is 0 Å². The predicted octanol–water partition coefficient (Wildman–Crippen LogP) is 7.25. The van der Waals surface area contributed by atoms with Gasteiger partial charge in [-0.25, -0.2) is 14.5 Å². The Kier molecular flexibility index (Phi) is 7.06. The Hall–Kier alpha value is -3.95. The summed E-state index contributed by atoms with van der Waals surface area (Å²) in [5.74, 6) is 0.974. The molecule has 1 unspecified atom stereocenters. The molecule has 0 amide bonds. The zero-order chi connectivity index (χ0) is 27.8. The average molecular weight is 565 g/mol. The van der Waals surface area contributed by atoms with Crippen LogP contribution in [0.5, 0.6) is 0 Å². The molecule has 1 aliphatic heterocycles. The lowest BCUT2D eigenvalue weighted by molar-refractivity contribution is 0.0150. The van der Waals surface area contributed by atoms with Crippen LogP contribution in [-0.4, -0.2) is 31.1 Å². The highest BCUT2D eigenvalue weighted by atomic mass is 32.1. The summed E-state index contributed by atoms with van der Waals surface area (Å²) in [5.41, 5.74) is 5.82. The van der Waals surface area contributed by atoms with Crippen LogP contribution in [0.2, 0.25) is 0 Å². The lowest BCUT2D eigenvalue weighted by Crippen LogP contribution is -2.22. The van der Waals surface area contributed by atoms with Gasteiger partial charge in [0.05, 0.1) is 17.4 Å². The largest absolute Gasteiger partial charge is 0.374 e. The molecule has 0 spiro atoms. The molecule has 4 aromatic heterocycles. The fourth-order valence-corrected chi connectivity index (χ4v) is 6.75. The van der Waals surface area contributed by atoms with E-state index in [1.165, 1.54) is 54.6 Å². The van der Waals surface area contributed by atoms with Gasteiger partial charge in [0.1, 0.15) is 0 Å². The number of aryl methyl sites for hydroxylation is 1. The number of fused-ring (bicyclic) bond motifs is 1. The topological polar surface area (TPSA) is 94.8 Å². The van der Waals surface area contributed by atoms with Gasteiger partial charge in [0.2, 0.25) is 5.95 Å². The van der Waals surface area contributed by atoms with Gasteiger partial charge in [-0.1, -0.05) is 31.0 Å². The highest BCUT2D eigenvalue weighted by Gasteiger charge is 2.22. The molecule has 2 fully saturated rings. The standard InChI is InChI=1S/C32H32N6O2S/c1-20-16-23(21-6-2-3-7-21)18-34-28(20)26-17-24-19-35-31(37-29(24)38(30(26)39)32-33-13-15-41-32)36-25-11-9-22(10-12-25)27-8-4-5-14-40-27/h9-13,15-19,21,27H,2-8,14H2,1H3,(H,35,36,37). The molecule has 8 nitrogen and oxygen atoms in total. The second kappa shape index (κ2) is 11.1. The van der Waals surface area contributed by atoms with E-state index in [0.29, 0.717) is 33.9 Å². The summed E-state index contributed by atoms with van der Waals surface area (Å²) >= 11 is 1.40. The summed E-state index contributed by atoms with van der Waals surface area (Å²) in [6.45, 7) is 2.85. The first-order valence-electron chi connectivity index (χ1n) is 14.4. The molecule has 0 bridgehead atoms. The number of nitrogens with zero attached hydrogens (tertiary/aromatic N) is 5. The lowest BCUT2D eigenvalue weighted by atomic mass is 9.96. The maximum Gasteiger partial charge on any atom is 0.268 e. The van der Waals surface area contributed by atoms with Crippen molar-refractivity contribution < 1.29 is 4.74 Å². The maximum absolute atomic E-state index is 14.0. The number of aromatic nitrogens is 5. The molecule has 5 aromatic rings. The number of pyridine rings is 2. The predicted molar refractivity (Wildman–Crippen MR) is 162 cm³/mol. The van der Waals surface area contributed by atoms with Crippen LogP contribution in [0.25, 0.3) is 27.4 Å². The Morgan fingerprint density at radius 3 is 2.51 bits per heavy atom. The van der Waals surface area contributed by atoms with E-state index >= 15 is 0 Å². The van der Waals surface area contributed by atoms with Gasteiger partial charge in [-0.3, -0.25) is 9.78 Å². The number of hydrogen-bond acceptors (Lipinski definition) is 8. The summed E-state index contributed by atoms with van der Waals surface area (Å²) < 4.78 is 7.50. The molecular weight excluding hydrogens is 532 g/mol. The van der Waals surface area contributed by atoms with Crippen LogP contribution in [0.15, 0.2) is 65.2 Å². The van der Waals surface area contributed by atoms with Gasteiger partial charge in [-0.05, 0) is 79.8 Å². The van der Waals surface area contributed by atoms with Crippen LogP contribution in [0.1, 0.15) is 73.7 Å². The van der Waals surface area contributed by atoms with Crippen molar-refractivity contribution in [2.45, 2.75) is 63.9 Å². The molecule has 1 aliphatic carbocycles. The highest BCUT2D eigenvalue weighted by molar-refractivity contribution is 7.12. The average Bonchev–Trinajstić information content (AvgIpc) is 3.74. The zero-order valence-corrected chi connectivity index (χ0v) is 23.9. The SMILES string of the molecule is Cc1cc(C2CCCC2)cnc1-c1cc2cnc(Nc3ccc(C4CCCCO4)cc3)nc2n(-c2nccs2)c1=O. The normalized spacial score (nSPS) is 17.7. The van der Waals surface area contributed by atoms with Crippen LogP contribution in [0, 0.1) is 6.92 Å². The third-order valence-corrected chi connectivity index (χ3v) is 9.01. The first-order chi connectivity index (χ1) is 20.1. The Morgan fingerprint density at radius 1 is 0.951 bits per heavy atom. The number of ether oxygens (including phenoxy) is 1. The van der Waals surface area contributed by atoms with E-state index in [2.05, 4.69) is 33.5 Å². The quantitative estimate of drug-likeness (QED) is 0.232. The third-order valence-electron chi connectivity index (χ3n) is 8.25. The fourth-order valence-electron chi connectivity index (χ4n) is 6.11. The van der Waals surface area contributed by atoms with Crippen molar-refractivity contribution in [3.8, 4) is 16.4 Å². The van der Waals surface area contributed by atoms with E-state index in [4.69, 9.17) is 14.7 Å². The third kappa shape index (κ3) is 5.15. The maximum atomic E-state index is 14.0. The smallest absolute Gasteiger partial charge is 0.268 e. The molecule has 208 valence electrons. The number of thiazole rings is 1. The second-order valence-corrected chi connectivity index (χ2v) is 11.9. The summed E-state index contributed by atoms with van der Waals surface area (Å²) in [5, 5.41) is 6.46. The van der Waals surface area contributed by atoms with E-state index in [1.807, 2.05) is 36.7 Å². The molecule has 9 heteroatoms. The van der Waals surface area contributed by atoms with Gasteiger partial charge < -0.3 is 10.1 Å². The minimum atomic E-state index is -0.196. The first-order valence-corrected chi connectivity index (χ1v) is 15.3. The van der Waals surface area contributed by atoms with Crippen LogP contribution in [0.3, 0.4) is 0 Å². The Balaban J connectivity index is 1.25. The van der Waals surface area contributed by atoms with Gasteiger partial charge >= 0.3 is 0 Å². The molecule has 41 heavy (non-hydrogen) atoms. The monoisotopic (exact) mass is 564 g/mol. The zero-order valence-electron chi connectivity index (χ0n) is 23.0. The minimum absolute atomic E-state index is 0.161. The molecule has 1 saturated heterocycles. The summed E-state index contributed by atoms with van der Waals surface area (Å²) in [4.78, 5) is 32.7. The van der Waals surface area contributed by atoms with Crippen molar-refractivity contribution in [1.82, 2.24) is 24.5 Å². The first kappa shape index (κ1) is 26.0. The van der Waals surface area contributed by atoms with Crippen molar-refractivity contribution >= 4 is 34.0 Å². The van der Waals surface area contributed by atoms with Crippen molar-refractivity contribution in [1.29, 1.82) is 0 Å². The van der Waals surface area contributed by atoms with Gasteiger partial charge in [0.15, 0.2) is 10.8 Å². The minimum Gasteiger partial charge on any atom is -0.374 e. The number of rotatable bonds is 6. The molecule has 7 rings (SSSR count). The van der Waals surface area contributed by atoms with E-state index in [9.17, 15) is 4.79 Å². The molecule has 1 N–H and O–H groups in total. The summed E-state index contributed by atoms with van der Waals surface area (Å²) in [6.07, 6.45) is 13.9. The summed E-state index contributed by atoms with van der Waals surface area (Å²) in [7, 11) is 0. The molecule has 5 heterocycles. The molecule has 2 aliphatic rings. The molecule has 1 aromatic carbocycles. The van der Waals surface area contributed by atoms with Gasteiger partial charge in [0, 0.05) is 41.7 Å². The molecule has 1 saturated carbocycles. The van der Waals surface area contributed by atoms with Crippen molar-refractivity contribution in [2.75, 3.05) is 11.9 Å². The van der Waals surface area contributed by atoms with Crippen LogP contribution < -0.4 is 10.9 Å². The number of benzene rings is 1. The van der Waals surface area contributed by atoms with Crippen LogP contribution in [-0.2, 0) is 4.74 Å².